The fourth-order valence-corrected chi connectivity index (χ4v) is 4.16. The summed E-state index contributed by atoms with van der Waals surface area (Å²) in [6.45, 7) is 11.5. The summed E-state index contributed by atoms with van der Waals surface area (Å²) in [6, 6.07) is 18.6. The van der Waals surface area contributed by atoms with Crippen LogP contribution in [0, 0.1) is 0 Å². The lowest BCUT2D eigenvalue weighted by Gasteiger charge is -2.32. The van der Waals surface area contributed by atoms with Crippen molar-refractivity contribution >= 4 is 11.4 Å². The van der Waals surface area contributed by atoms with Gasteiger partial charge in [0.15, 0.2) is 0 Å². The Labute approximate surface area is 186 Å². The molecular formula is C28H46N2+2. The number of hydrogen-bond acceptors (Lipinski definition) is 0. The van der Waals surface area contributed by atoms with Crippen molar-refractivity contribution in [2.45, 2.75) is 65.2 Å². The zero-order valence-electron chi connectivity index (χ0n) is 20.9. The van der Waals surface area contributed by atoms with E-state index in [1.165, 1.54) is 61.3 Å². The standard InChI is InChI=1S/C28H46N2/c1-9-23(3)25-13-17-27(18-14-25)29(5,6)21-11-12-22-30(7,8)28-19-15-26(16-20-28)24(4)10-2/h13-20,23-24H,9-12,21-22H2,1-8H3/q+2. The molecule has 0 heterocycles. The molecule has 0 spiro atoms. The summed E-state index contributed by atoms with van der Waals surface area (Å²) in [5, 5.41) is 0. The van der Waals surface area contributed by atoms with Gasteiger partial charge in [0.05, 0.1) is 41.3 Å². The lowest BCUT2D eigenvalue weighted by atomic mass is 9.98. The van der Waals surface area contributed by atoms with Gasteiger partial charge in [-0.1, -0.05) is 52.0 Å². The van der Waals surface area contributed by atoms with Crippen molar-refractivity contribution in [3.05, 3.63) is 59.7 Å². The van der Waals surface area contributed by atoms with Crippen LogP contribution >= 0.6 is 0 Å². The van der Waals surface area contributed by atoms with E-state index in [1.807, 2.05) is 0 Å². The van der Waals surface area contributed by atoms with Gasteiger partial charge in [0.2, 0.25) is 0 Å². The van der Waals surface area contributed by atoms with Gasteiger partial charge in [0.25, 0.3) is 0 Å². The van der Waals surface area contributed by atoms with Crippen molar-refractivity contribution in [2.24, 2.45) is 0 Å². The number of benzene rings is 2. The maximum atomic E-state index is 2.34. The van der Waals surface area contributed by atoms with Crippen LogP contribution in [0.1, 0.15) is 76.3 Å². The van der Waals surface area contributed by atoms with Crippen LogP contribution in [0.5, 0.6) is 0 Å². The van der Waals surface area contributed by atoms with Gasteiger partial charge in [-0.2, -0.15) is 0 Å². The van der Waals surface area contributed by atoms with Gasteiger partial charge in [-0.3, -0.25) is 8.97 Å². The van der Waals surface area contributed by atoms with E-state index in [0.717, 1.165) is 8.97 Å². The fraction of sp³-hybridized carbons (Fsp3) is 0.571. The molecule has 0 aliphatic rings. The molecule has 0 bridgehead atoms. The average Bonchev–Trinajstić information content (AvgIpc) is 2.75. The summed E-state index contributed by atoms with van der Waals surface area (Å²) in [4.78, 5) is 0. The fourth-order valence-electron chi connectivity index (χ4n) is 4.16. The Hall–Kier alpha value is -1.64. The molecule has 0 saturated carbocycles. The van der Waals surface area contributed by atoms with Crippen LogP contribution in [0.3, 0.4) is 0 Å². The number of unbranched alkanes of at least 4 members (excludes halogenated alkanes) is 1. The minimum Gasteiger partial charge on any atom is -0.296 e. The Morgan fingerprint density at radius 2 is 0.867 bits per heavy atom. The normalized spacial score (nSPS) is 14.5. The molecule has 2 aromatic rings. The second-order valence-electron chi connectivity index (χ2n) is 10.3. The highest BCUT2D eigenvalue weighted by Gasteiger charge is 2.22. The van der Waals surface area contributed by atoms with Crippen molar-refractivity contribution in [3.63, 3.8) is 0 Å². The average molecular weight is 411 g/mol. The molecule has 0 fully saturated rings. The van der Waals surface area contributed by atoms with Crippen molar-refractivity contribution in [1.82, 2.24) is 8.97 Å². The lowest BCUT2D eigenvalue weighted by molar-refractivity contribution is 0.347. The Balaban J connectivity index is 1.89. The Bertz CT molecular complexity index is 689. The van der Waals surface area contributed by atoms with E-state index >= 15 is 0 Å². The van der Waals surface area contributed by atoms with Gasteiger partial charge < -0.3 is 0 Å². The van der Waals surface area contributed by atoms with Gasteiger partial charge in [0, 0.05) is 12.8 Å². The van der Waals surface area contributed by atoms with Gasteiger partial charge >= 0.3 is 0 Å². The number of hydrogen-bond donors (Lipinski definition) is 0. The first-order chi connectivity index (χ1) is 14.1. The lowest BCUT2D eigenvalue weighted by Crippen LogP contribution is -2.43. The molecule has 2 aromatic carbocycles. The van der Waals surface area contributed by atoms with E-state index in [1.54, 1.807) is 0 Å². The monoisotopic (exact) mass is 410 g/mol. The summed E-state index contributed by atoms with van der Waals surface area (Å²) in [5.74, 6) is 1.29. The highest BCUT2D eigenvalue weighted by molar-refractivity contribution is 5.45. The Morgan fingerprint density at radius 3 is 1.13 bits per heavy atom. The van der Waals surface area contributed by atoms with Crippen molar-refractivity contribution in [1.29, 1.82) is 0 Å². The predicted octanol–water partition coefficient (Wildman–Crippen LogP) is 7.33. The zero-order valence-corrected chi connectivity index (χ0v) is 20.9. The SMILES string of the molecule is CCC(C)c1ccc([N+](C)(C)CCCC[N+](C)(C)c2ccc(C(C)CC)cc2)cc1. The van der Waals surface area contributed by atoms with Gasteiger partial charge in [-0.05, 0) is 60.1 Å². The van der Waals surface area contributed by atoms with Crippen LogP contribution in [0.15, 0.2) is 48.5 Å². The number of quaternary nitrogens is 2. The highest BCUT2D eigenvalue weighted by Crippen LogP contribution is 2.27. The molecular weight excluding hydrogens is 364 g/mol. The van der Waals surface area contributed by atoms with Crippen LogP contribution in [-0.2, 0) is 0 Å². The summed E-state index contributed by atoms with van der Waals surface area (Å²) in [7, 11) is 9.36. The molecule has 0 amide bonds. The summed E-state index contributed by atoms with van der Waals surface area (Å²) >= 11 is 0. The molecule has 2 atom stereocenters. The Kier molecular flexibility index (Phi) is 8.70. The third-order valence-corrected chi connectivity index (χ3v) is 7.23. The van der Waals surface area contributed by atoms with Crippen LogP contribution < -0.4 is 8.97 Å². The molecule has 2 unspecified atom stereocenters. The molecule has 2 rings (SSSR count). The topological polar surface area (TPSA) is 0 Å². The Morgan fingerprint density at radius 1 is 0.567 bits per heavy atom. The first-order valence-corrected chi connectivity index (χ1v) is 12.0. The van der Waals surface area contributed by atoms with Crippen molar-refractivity contribution in [2.75, 3.05) is 41.3 Å². The van der Waals surface area contributed by atoms with E-state index in [4.69, 9.17) is 0 Å². The van der Waals surface area contributed by atoms with Crippen LogP contribution in [0.4, 0.5) is 11.4 Å². The minimum atomic E-state index is 0.647. The third kappa shape index (κ3) is 6.43. The van der Waals surface area contributed by atoms with Gasteiger partial charge in [-0.15, -0.1) is 0 Å². The molecule has 0 aliphatic carbocycles. The predicted molar refractivity (Wildman–Crippen MR) is 137 cm³/mol. The largest absolute Gasteiger partial charge is 0.296 e. The summed E-state index contributed by atoms with van der Waals surface area (Å²) in [6.07, 6.45) is 4.89. The second-order valence-corrected chi connectivity index (χ2v) is 10.3. The summed E-state index contributed by atoms with van der Waals surface area (Å²) < 4.78 is 1.91. The second kappa shape index (κ2) is 10.6. The molecule has 0 N–H and O–H groups in total. The summed E-state index contributed by atoms with van der Waals surface area (Å²) in [5.41, 5.74) is 5.74. The van der Waals surface area contributed by atoms with E-state index in [2.05, 4.69) is 104 Å². The molecule has 2 heteroatoms. The van der Waals surface area contributed by atoms with Crippen molar-refractivity contribution in [3.8, 4) is 0 Å². The molecule has 2 nitrogen and oxygen atoms in total. The number of nitrogens with zero attached hydrogens (tertiary/aromatic N) is 2. The molecule has 0 saturated heterocycles. The number of rotatable bonds is 11. The van der Waals surface area contributed by atoms with Crippen LogP contribution in [0.2, 0.25) is 0 Å². The molecule has 0 aromatic heterocycles. The molecule has 30 heavy (non-hydrogen) atoms. The smallest absolute Gasteiger partial charge is 0.132 e. The quantitative estimate of drug-likeness (QED) is 0.269. The van der Waals surface area contributed by atoms with E-state index in [-0.39, 0.29) is 0 Å². The van der Waals surface area contributed by atoms with Crippen LogP contribution in [0.25, 0.3) is 0 Å². The maximum Gasteiger partial charge on any atom is 0.132 e. The van der Waals surface area contributed by atoms with Crippen LogP contribution in [-0.4, -0.2) is 41.3 Å². The van der Waals surface area contributed by atoms with Gasteiger partial charge in [-0.25, -0.2) is 0 Å². The van der Waals surface area contributed by atoms with Gasteiger partial charge in [0.1, 0.15) is 11.4 Å². The third-order valence-electron chi connectivity index (χ3n) is 7.23. The first-order valence-electron chi connectivity index (χ1n) is 12.0. The highest BCUT2D eigenvalue weighted by atomic mass is 15.3. The van der Waals surface area contributed by atoms with Crippen molar-refractivity contribution < 1.29 is 0 Å². The molecule has 0 aliphatic heterocycles. The maximum absolute atomic E-state index is 2.34. The zero-order chi connectivity index (χ0) is 22.4. The first kappa shape index (κ1) is 24.6. The molecule has 166 valence electrons. The minimum absolute atomic E-state index is 0.647. The van der Waals surface area contributed by atoms with E-state index in [0.29, 0.717) is 11.8 Å². The van der Waals surface area contributed by atoms with E-state index in [9.17, 15) is 0 Å². The van der Waals surface area contributed by atoms with E-state index < -0.39 is 0 Å². The molecule has 0 radical (unpaired) electrons.